The van der Waals surface area contributed by atoms with Crippen molar-refractivity contribution < 1.29 is 16.3 Å². The maximum absolute atomic E-state index is 11.6. The minimum absolute atomic E-state index is 0.0254. The molecule has 1 aromatic carbocycles. The molecule has 0 aliphatic rings. The Hall–Kier alpha value is -0.910. The lowest BCUT2D eigenvalue weighted by Gasteiger charge is -2.10. The molecule has 90 valence electrons. The third-order valence-electron chi connectivity index (χ3n) is 2.36. The SMILES string of the molecule is [2H]C([2H])(O)C[C@H](N)c1ccc(S(=O)(=O)CC)cc1. The molecular weight excluding hydrogens is 226 g/mol. The zero-order chi connectivity index (χ0) is 14.0. The lowest BCUT2D eigenvalue weighted by molar-refractivity contribution is 0.276. The summed E-state index contributed by atoms with van der Waals surface area (Å²) in [6.07, 6.45) is -0.243. The van der Waals surface area contributed by atoms with Crippen molar-refractivity contribution in [3.63, 3.8) is 0 Å². The van der Waals surface area contributed by atoms with Crippen LogP contribution in [0.5, 0.6) is 0 Å². The second-order valence-corrected chi connectivity index (χ2v) is 5.72. The first-order chi connectivity index (χ1) is 8.15. The van der Waals surface area contributed by atoms with Gasteiger partial charge in [0.25, 0.3) is 0 Å². The number of rotatable bonds is 5. The molecule has 0 spiro atoms. The Bertz CT molecular complexity index is 494. The lowest BCUT2D eigenvalue weighted by Crippen LogP contribution is -2.12. The molecule has 0 saturated heterocycles. The molecule has 0 unspecified atom stereocenters. The van der Waals surface area contributed by atoms with Crippen molar-refractivity contribution in [2.75, 3.05) is 12.3 Å². The minimum atomic E-state index is -3.24. The highest BCUT2D eigenvalue weighted by atomic mass is 32.2. The maximum atomic E-state index is 11.6. The van der Waals surface area contributed by atoms with E-state index >= 15 is 0 Å². The minimum Gasteiger partial charge on any atom is -0.396 e. The van der Waals surface area contributed by atoms with Crippen molar-refractivity contribution in [3.8, 4) is 0 Å². The first kappa shape index (κ1) is 10.3. The van der Waals surface area contributed by atoms with Crippen molar-refractivity contribution in [1.82, 2.24) is 0 Å². The molecule has 0 radical (unpaired) electrons. The van der Waals surface area contributed by atoms with E-state index in [1.807, 2.05) is 0 Å². The van der Waals surface area contributed by atoms with E-state index in [9.17, 15) is 8.42 Å². The van der Waals surface area contributed by atoms with Gasteiger partial charge in [-0.3, -0.25) is 0 Å². The second-order valence-electron chi connectivity index (χ2n) is 3.44. The van der Waals surface area contributed by atoms with Gasteiger partial charge >= 0.3 is 0 Å². The van der Waals surface area contributed by atoms with E-state index in [0.717, 1.165) is 0 Å². The Morgan fingerprint density at radius 3 is 2.44 bits per heavy atom. The van der Waals surface area contributed by atoms with Crippen LogP contribution in [0, 0.1) is 0 Å². The summed E-state index contributed by atoms with van der Waals surface area (Å²) in [5.41, 5.74) is 6.31. The van der Waals surface area contributed by atoms with Crippen LogP contribution in [0.3, 0.4) is 0 Å². The quantitative estimate of drug-likeness (QED) is 0.806. The number of hydrogen-bond donors (Lipinski definition) is 2. The predicted molar refractivity (Wildman–Crippen MR) is 62.8 cm³/mol. The number of nitrogens with two attached hydrogens (primary N) is 1. The largest absolute Gasteiger partial charge is 0.396 e. The van der Waals surface area contributed by atoms with Gasteiger partial charge in [-0.2, -0.15) is 0 Å². The van der Waals surface area contributed by atoms with Crippen molar-refractivity contribution in [1.29, 1.82) is 0 Å². The van der Waals surface area contributed by atoms with Gasteiger partial charge in [0.15, 0.2) is 9.84 Å². The molecule has 1 atom stereocenters. The van der Waals surface area contributed by atoms with Crippen LogP contribution in [0.25, 0.3) is 0 Å². The normalized spacial score (nSPS) is 16.4. The summed E-state index contributed by atoms with van der Waals surface area (Å²) < 4.78 is 37.2. The molecule has 1 rings (SSSR count). The first-order valence-corrected chi connectivity index (χ1v) is 6.61. The molecule has 16 heavy (non-hydrogen) atoms. The van der Waals surface area contributed by atoms with Crippen molar-refractivity contribution in [2.24, 2.45) is 5.73 Å². The Balaban J connectivity index is 2.90. The average molecular weight is 245 g/mol. The molecule has 4 nitrogen and oxygen atoms in total. The van der Waals surface area contributed by atoms with E-state index in [1.54, 1.807) is 19.1 Å². The summed E-state index contributed by atoms with van der Waals surface area (Å²) in [5, 5.41) is 9.03. The van der Waals surface area contributed by atoms with Gasteiger partial charge in [-0.25, -0.2) is 8.42 Å². The highest BCUT2D eigenvalue weighted by Crippen LogP contribution is 2.17. The van der Waals surface area contributed by atoms with Crippen LogP contribution in [-0.2, 0) is 9.84 Å². The van der Waals surface area contributed by atoms with Gasteiger partial charge < -0.3 is 10.8 Å². The monoisotopic (exact) mass is 245 g/mol. The zero-order valence-electron chi connectivity index (χ0n) is 11.1. The molecule has 0 aliphatic heterocycles. The van der Waals surface area contributed by atoms with Gasteiger partial charge in [0.1, 0.15) is 0 Å². The number of aliphatic hydroxyl groups is 1. The molecule has 0 heterocycles. The van der Waals surface area contributed by atoms with Crippen LogP contribution < -0.4 is 5.73 Å². The summed E-state index contributed by atoms with van der Waals surface area (Å²) in [4.78, 5) is 0.216. The molecule has 0 amide bonds. The highest BCUT2D eigenvalue weighted by molar-refractivity contribution is 7.91. The van der Waals surface area contributed by atoms with Crippen LogP contribution in [0.2, 0.25) is 0 Å². The van der Waals surface area contributed by atoms with E-state index in [1.165, 1.54) is 12.1 Å². The summed E-state index contributed by atoms with van der Waals surface area (Å²) in [6, 6.07) is 5.29. The van der Waals surface area contributed by atoms with Crippen molar-refractivity contribution in [3.05, 3.63) is 29.8 Å². The summed E-state index contributed by atoms with van der Waals surface area (Å²) in [5.74, 6) is 0.0254. The van der Waals surface area contributed by atoms with E-state index in [0.29, 0.717) is 5.56 Å². The first-order valence-electron chi connectivity index (χ1n) is 5.96. The molecule has 0 aliphatic carbocycles. The molecule has 3 N–H and O–H groups in total. The van der Waals surface area contributed by atoms with Gasteiger partial charge in [0.2, 0.25) is 0 Å². The third kappa shape index (κ3) is 3.04. The van der Waals surface area contributed by atoms with Gasteiger partial charge in [-0.05, 0) is 24.1 Å². The zero-order valence-corrected chi connectivity index (χ0v) is 9.87. The number of benzene rings is 1. The molecule has 0 saturated carbocycles. The lowest BCUT2D eigenvalue weighted by atomic mass is 10.1. The topological polar surface area (TPSA) is 80.4 Å². The van der Waals surface area contributed by atoms with E-state index in [-0.39, 0.29) is 17.1 Å². The smallest absolute Gasteiger partial charge is 0.178 e. The fourth-order valence-electron chi connectivity index (χ4n) is 1.31. The van der Waals surface area contributed by atoms with Gasteiger partial charge in [0, 0.05) is 12.6 Å². The fraction of sp³-hybridized carbons (Fsp3) is 0.455. The Labute approximate surface area is 98.8 Å². The van der Waals surface area contributed by atoms with Gasteiger partial charge in [0.05, 0.1) is 13.4 Å². The predicted octanol–water partition coefficient (Wildman–Crippen LogP) is 0.862. The molecule has 5 heteroatoms. The Kier molecular flexibility index (Phi) is 3.48. The van der Waals surface area contributed by atoms with E-state index in [2.05, 4.69) is 0 Å². The Morgan fingerprint density at radius 2 is 2.00 bits per heavy atom. The van der Waals surface area contributed by atoms with Crippen molar-refractivity contribution in [2.45, 2.75) is 24.3 Å². The van der Waals surface area contributed by atoms with Crippen molar-refractivity contribution >= 4 is 9.84 Å². The highest BCUT2D eigenvalue weighted by Gasteiger charge is 2.12. The standard InChI is InChI=1S/C11H17NO3S/c1-2-16(14,15)10-5-3-9(4-6-10)11(12)7-8-13/h3-6,11,13H,2,7-8,12H2,1H3/t11-/m0/s1/i8D2. The van der Waals surface area contributed by atoms with Crippen LogP contribution in [-0.4, -0.2) is 25.8 Å². The average Bonchev–Trinajstić information content (AvgIpc) is 2.27. The van der Waals surface area contributed by atoms with E-state index < -0.39 is 22.4 Å². The summed E-state index contributed by atoms with van der Waals surface area (Å²) in [6.45, 7) is -0.775. The number of hydrogen-bond acceptors (Lipinski definition) is 4. The molecular formula is C11H17NO3S. The van der Waals surface area contributed by atoms with Crippen LogP contribution in [0.4, 0.5) is 0 Å². The van der Waals surface area contributed by atoms with Gasteiger partial charge in [-0.15, -0.1) is 0 Å². The molecule has 0 fully saturated rings. The van der Waals surface area contributed by atoms with Gasteiger partial charge in [-0.1, -0.05) is 19.1 Å². The third-order valence-corrected chi connectivity index (χ3v) is 4.11. The van der Waals surface area contributed by atoms with Crippen LogP contribution >= 0.6 is 0 Å². The van der Waals surface area contributed by atoms with Crippen LogP contribution in [0.15, 0.2) is 29.2 Å². The second kappa shape index (κ2) is 5.43. The molecule has 1 aromatic rings. The van der Waals surface area contributed by atoms with E-state index in [4.69, 9.17) is 13.6 Å². The number of sulfone groups is 1. The molecule has 0 aromatic heterocycles. The maximum Gasteiger partial charge on any atom is 0.178 e. The van der Waals surface area contributed by atoms with Crippen LogP contribution in [0.1, 0.15) is 27.7 Å². The molecule has 0 bridgehead atoms. The fourth-order valence-corrected chi connectivity index (χ4v) is 2.19. The summed E-state index contributed by atoms with van der Waals surface area (Å²) in [7, 11) is -3.24. The summed E-state index contributed by atoms with van der Waals surface area (Å²) >= 11 is 0. The Morgan fingerprint density at radius 1 is 1.44 bits per heavy atom.